The Labute approximate surface area is 185 Å². The van der Waals surface area contributed by atoms with Crippen LogP contribution in [0.4, 0.5) is 0 Å². The molecule has 0 fully saturated rings. The van der Waals surface area contributed by atoms with Crippen molar-refractivity contribution in [2.45, 2.75) is 58.4 Å². The molecular weight excluding hydrogens is 394 g/mol. The smallest absolute Gasteiger partial charge is 0.223 e. The molecule has 173 valence electrons. The number of nitrogens with two attached hydrogens (primary N) is 1. The summed E-state index contributed by atoms with van der Waals surface area (Å²) >= 11 is 0. The van der Waals surface area contributed by atoms with E-state index in [1.165, 1.54) is 0 Å². The van der Waals surface area contributed by atoms with Gasteiger partial charge in [0.05, 0.1) is 12.5 Å². The summed E-state index contributed by atoms with van der Waals surface area (Å²) in [5.74, 6) is -1.75. The van der Waals surface area contributed by atoms with Crippen LogP contribution in [0.3, 0.4) is 0 Å². The maximum absolute atomic E-state index is 13.0. The number of unbranched alkanes of at least 4 members (excludes halogenated alkanes) is 1. The number of ketones is 1. The van der Waals surface area contributed by atoms with Crippen LogP contribution in [0.25, 0.3) is 0 Å². The molecule has 0 aliphatic carbocycles. The minimum Gasteiger partial charge on any atom is -0.508 e. The lowest BCUT2D eigenvalue weighted by molar-refractivity contribution is -0.130. The average Bonchev–Trinajstić information content (AvgIpc) is 2.72. The summed E-state index contributed by atoms with van der Waals surface area (Å²) in [6, 6.07) is 6.32. The summed E-state index contributed by atoms with van der Waals surface area (Å²) in [6.07, 6.45) is 3.33. The highest BCUT2D eigenvalue weighted by atomic mass is 16.3. The number of phenolic OH excluding ortho intramolecular Hbond substituents is 1. The number of aliphatic hydroxyl groups is 1. The molecule has 7 nitrogen and oxygen atoms in total. The molecule has 6 N–H and O–H groups in total. The van der Waals surface area contributed by atoms with Crippen LogP contribution in [0.15, 0.2) is 35.4 Å². The number of carbonyl (C=O) groups excluding carboxylic acids is 2. The van der Waals surface area contributed by atoms with Crippen LogP contribution in [0.5, 0.6) is 5.75 Å². The quantitative estimate of drug-likeness (QED) is 0.249. The maximum atomic E-state index is 13.0. The van der Waals surface area contributed by atoms with Crippen LogP contribution >= 0.6 is 0 Å². The van der Waals surface area contributed by atoms with Crippen LogP contribution in [0.2, 0.25) is 0 Å². The van der Waals surface area contributed by atoms with Gasteiger partial charge in [0.1, 0.15) is 11.5 Å². The standard InChI is InChI=1S/C24H38N3O4/c1-16(2)21(22(25)12-17-7-9-20(29)10-8-17)13-18(6-4-5-11-27-3)23(30)14-19(15-28)24(26)31/h7-10,18-19,22,25,27-29H,4-6,11-15H2,1-3H3,(H2,26,31)/t18-,19+,22+/m1/s1. The minimum atomic E-state index is -0.869. The fourth-order valence-electron chi connectivity index (χ4n) is 3.69. The Morgan fingerprint density at radius 3 is 2.26 bits per heavy atom. The lowest BCUT2D eigenvalue weighted by atomic mass is 9.82. The molecule has 1 radical (unpaired) electrons. The van der Waals surface area contributed by atoms with Gasteiger partial charge in [-0.15, -0.1) is 0 Å². The highest BCUT2D eigenvalue weighted by molar-refractivity contribution is 5.87. The normalized spacial score (nSPS) is 14.0. The predicted molar refractivity (Wildman–Crippen MR) is 122 cm³/mol. The molecule has 1 amide bonds. The third-order valence-electron chi connectivity index (χ3n) is 5.66. The average molecular weight is 433 g/mol. The topological polar surface area (TPSA) is 136 Å². The minimum absolute atomic E-state index is 0.0702. The number of nitrogens with one attached hydrogen (secondary N) is 2. The number of benzene rings is 1. The van der Waals surface area contributed by atoms with Gasteiger partial charge in [0.25, 0.3) is 0 Å². The Kier molecular flexibility index (Phi) is 12.1. The van der Waals surface area contributed by atoms with Gasteiger partial charge in [-0.05, 0) is 70.8 Å². The summed E-state index contributed by atoms with van der Waals surface area (Å²) in [5.41, 5.74) is 16.9. The van der Waals surface area contributed by atoms with Gasteiger partial charge in [-0.2, -0.15) is 0 Å². The number of allylic oxidation sites excluding steroid dienone is 1. The molecule has 0 heterocycles. The number of primary amides is 1. The van der Waals surface area contributed by atoms with Crippen molar-refractivity contribution in [1.29, 1.82) is 0 Å². The molecule has 0 saturated carbocycles. The largest absolute Gasteiger partial charge is 0.508 e. The highest BCUT2D eigenvalue weighted by Crippen LogP contribution is 2.27. The third-order valence-corrected chi connectivity index (χ3v) is 5.66. The van der Waals surface area contributed by atoms with Gasteiger partial charge < -0.3 is 21.3 Å². The molecular formula is C24H38N3O4. The lowest BCUT2D eigenvalue weighted by Crippen LogP contribution is -2.31. The molecule has 3 atom stereocenters. The van der Waals surface area contributed by atoms with Crippen molar-refractivity contribution in [2.75, 3.05) is 20.2 Å². The molecule has 0 aliphatic heterocycles. The Morgan fingerprint density at radius 2 is 1.74 bits per heavy atom. The van der Waals surface area contributed by atoms with E-state index < -0.39 is 24.5 Å². The number of carbonyl (C=O) groups is 2. The molecule has 7 heteroatoms. The molecule has 0 saturated heterocycles. The van der Waals surface area contributed by atoms with Crippen LogP contribution < -0.4 is 16.8 Å². The zero-order chi connectivity index (χ0) is 23.4. The lowest BCUT2D eigenvalue weighted by Gasteiger charge is -2.24. The van der Waals surface area contributed by atoms with Crippen molar-refractivity contribution in [3.8, 4) is 5.75 Å². The number of amides is 1. The van der Waals surface area contributed by atoms with Crippen molar-refractivity contribution >= 4 is 11.7 Å². The number of phenols is 1. The summed E-state index contributed by atoms with van der Waals surface area (Å²) in [5, 5.41) is 22.0. The Bertz CT molecular complexity index is 727. The van der Waals surface area contributed by atoms with E-state index in [9.17, 15) is 19.8 Å². The number of hydrogen-bond acceptors (Lipinski definition) is 5. The second-order valence-corrected chi connectivity index (χ2v) is 8.40. The first-order valence-corrected chi connectivity index (χ1v) is 10.9. The van der Waals surface area contributed by atoms with Crippen LogP contribution in [0.1, 0.15) is 51.5 Å². The highest BCUT2D eigenvalue weighted by Gasteiger charge is 2.27. The molecule has 0 aromatic heterocycles. The van der Waals surface area contributed by atoms with Crippen molar-refractivity contribution in [2.24, 2.45) is 17.6 Å². The van der Waals surface area contributed by atoms with E-state index >= 15 is 0 Å². The number of aliphatic hydroxyl groups excluding tert-OH is 1. The molecule has 0 bridgehead atoms. The summed E-state index contributed by atoms with van der Waals surface area (Å²) in [6.45, 7) is 4.33. The monoisotopic (exact) mass is 432 g/mol. The summed E-state index contributed by atoms with van der Waals surface area (Å²) in [4.78, 5) is 24.5. The number of rotatable bonds is 15. The zero-order valence-electron chi connectivity index (χ0n) is 19.0. The summed E-state index contributed by atoms with van der Waals surface area (Å²) in [7, 11) is 1.89. The first-order valence-electron chi connectivity index (χ1n) is 10.9. The molecule has 31 heavy (non-hydrogen) atoms. The Balaban J connectivity index is 2.96. The SMILES string of the molecule is CNCCCC[C@H](CC(=C(C)C)[C@@H]([NH])Cc1ccc(O)cc1)C(=O)C[C@@H](CO)C(N)=O. The van der Waals surface area contributed by atoms with Crippen LogP contribution in [0, 0.1) is 11.8 Å². The third kappa shape index (κ3) is 9.63. The molecule has 0 aliphatic rings. The Hall–Kier alpha value is -2.22. The van der Waals surface area contributed by atoms with Crippen molar-refractivity contribution < 1.29 is 19.8 Å². The van der Waals surface area contributed by atoms with Gasteiger partial charge in [0.15, 0.2) is 0 Å². The van der Waals surface area contributed by atoms with Gasteiger partial charge in [-0.3, -0.25) is 9.59 Å². The van der Waals surface area contributed by atoms with Gasteiger partial charge in [-0.25, -0.2) is 5.73 Å². The molecule has 0 unspecified atom stereocenters. The number of hydrogen-bond donors (Lipinski definition) is 4. The van der Waals surface area contributed by atoms with E-state index in [2.05, 4.69) is 5.32 Å². The van der Waals surface area contributed by atoms with E-state index in [4.69, 9.17) is 11.5 Å². The van der Waals surface area contributed by atoms with Crippen LogP contribution in [-0.2, 0) is 16.0 Å². The molecule has 0 spiro atoms. The van der Waals surface area contributed by atoms with Gasteiger partial charge in [-0.1, -0.05) is 29.7 Å². The van der Waals surface area contributed by atoms with Crippen molar-refractivity contribution in [3.63, 3.8) is 0 Å². The van der Waals surface area contributed by atoms with E-state index in [0.29, 0.717) is 19.3 Å². The molecule has 1 aromatic carbocycles. The fourth-order valence-corrected chi connectivity index (χ4v) is 3.69. The van der Waals surface area contributed by atoms with E-state index in [1.807, 2.05) is 20.9 Å². The first kappa shape index (κ1) is 26.8. The predicted octanol–water partition coefficient (Wildman–Crippen LogP) is 2.37. The van der Waals surface area contributed by atoms with E-state index in [1.54, 1.807) is 24.3 Å². The van der Waals surface area contributed by atoms with Crippen LogP contribution in [-0.4, -0.2) is 48.1 Å². The maximum Gasteiger partial charge on any atom is 0.223 e. The zero-order valence-corrected chi connectivity index (χ0v) is 19.0. The second kappa shape index (κ2) is 14.0. The summed E-state index contributed by atoms with van der Waals surface area (Å²) < 4.78 is 0. The fraction of sp³-hybridized carbons (Fsp3) is 0.583. The molecule has 1 aromatic rings. The Morgan fingerprint density at radius 1 is 1.10 bits per heavy atom. The van der Waals surface area contributed by atoms with E-state index in [-0.39, 0.29) is 23.9 Å². The number of Topliss-reactive ketones (excluding diaryl/α,β-unsaturated/α-hetero) is 1. The van der Waals surface area contributed by atoms with E-state index in [0.717, 1.165) is 36.1 Å². The van der Waals surface area contributed by atoms with Gasteiger partial charge in [0, 0.05) is 18.4 Å². The number of aromatic hydroxyl groups is 1. The van der Waals surface area contributed by atoms with Crippen molar-refractivity contribution in [3.05, 3.63) is 41.0 Å². The van der Waals surface area contributed by atoms with Crippen molar-refractivity contribution in [1.82, 2.24) is 11.1 Å². The van der Waals surface area contributed by atoms with Gasteiger partial charge >= 0.3 is 0 Å². The molecule has 1 rings (SSSR count). The second-order valence-electron chi connectivity index (χ2n) is 8.40. The van der Waals surface area contributed by atoms with Gasteiger partial charge in [0.2, 0.25) is 5.91 Å². The first-order chi connectivity index (χ1) is 14.7.